The molecular weight excluding hydrogens is 274 g/mol. The van der Waals surface area contributed by atoms with Crippen LogP contribution in [0.25, 0.3) is 0 Å². The maximum atomic E-state index is 12.1. The number of rotatable bonds is 5. The number of nitrogens with one attached hydrogen (secondary N) is 1. The van der Waals surface area contributed by atoms with Crippen LogP contribution < -0.4 is 5.69 Å². The van der Waals surface area contributed by atoms with Gasteiger partial charge in [0.25, 0.3) is 0 Å². The quantitative estimate of drug-likeness (QED) is 0.786. The largest absolute Gasteiger partial charge is 0.343 e. The second-order valence-electron chi connectivity index (χ2n) is 5.39. The summed E-state index contributed by atoms with van der Waals surface area (Å²) in [5.41, 5.74) is 2.20. The first kappa shape index (κ1) is 14.3. The molecule has 0 saturated heterocycles. The maximum absolute atomic E-state index is 12.1. The van der Waals surface area contributed by atoms with Crippen LogP contribution in [0.3, 0.4) is 0 Å². The minimum atomic E-state index is -0.153. The Balaban J connectivity index is 1.83. The van der Waals surface area contributed by atoms with E-state index < -0.39 is 0 Å². The molecule has 3 rings (SSSR count). The van der Waals surface area contributed by atoms with Crippen molar-refractivity contribution in [1.82, 2.24) is 14.8 Å². The molecule has 112 valence electrons. The number of benzene rings is 2. The summed E-state index contributed by atoms with van der Waals surface area (Å²) in [6.45, 7) is 2.03. The van der Waals surface area contributed by atoms with Gasteiger partial charge in [0.05, 0.1) is 6.04 Å². The third-order valence-electron chi connectivity index (χ3n) is 3.93. The Kier molecular flexibility index (Phi) is 4.19. The van der Waals surface area contributed by atoms with E-state index in [-0.39, 0.29) is 11.7 Å². The van der Waals surface area contributed by atoms with E-state index >= 15 is 0 Å². The Labute approximate surface area is 129 Å². The van der Waals surface area contributed by atoms with Crippen molar-refractivity contribution in [2.75, 3.05) is 0 Å². The number of aromatic nitrogens is 3. The first-order valence-corrected chi connectivity index (χ1v) is 7.50. The average molecular weight is 293 g/mol. The van der Waals surface area contributed by atoms with Crippen LogP contribution in [-0.4, -0.2) is 14.8 Å². The SMILES string of the molecule is CC(c1ccccc1)n1c(CCc2ccccc2)n[nH]c1=O. The molecule has 0 aliphatic rings. The molecule has 0 spiro atoms. The van der Waals surface area contributed by atoms with Crippen molar-refractivity contribution in [3.05, 3.63) is 88.1 Å². The normalized spacial score (nSPS) is 12.2. The average Bonchev–Trinajstić information content (AvgIpc) is 2.95. The van der Waals surface area contributed by atoms with Gasteiger partial charge in [-0.2, -0.15) is 5.10 Å². The summed E-state index contributed by atoms with van der Waals surface area (Å²) in [6, 6.07) is 20.2. The first-order valence-electron chi connectivity index (χ1n) is 7.50. The number of nitrogens with zero attached hydrogens (tertiary/aromatic N) is 2. The monoisotopic (exact) mass is 293 g/mol. The Morgan fingerprint density at radius 2 is 1.64 bits per heavy atom. The van der Waals surface area contributed by atoms with Crippen molar-refractivity contribution < 1.29 is 0 Å². The van der Waals surface area contributed by atoms with Crippen molar-refractivity contribution in [1.29, 1.82) is 0 Å². The lowest BCUT2D eigenvalue weighted by Crippen LogP contribution is -2.23. The van der Waals surface area contributed by atoms with Gasteiger partial charge in [-0.05, 0) is 24.5 Å². The number of hydrogen-bond acceptors (Lipinski definition) is 2. The smallest absolute Gasteiger partial charge is 0.272 e. The van der Waals surface area contributed by atoms with E-state index in [4.69, 9.17) is 0 Å². The minimum Gasteiger partial charge on any atom is -0.272 e. The Morgan fingerprint density at radius 1 is 1.00 bits per heavy atom. The minimum absolute atomic E-state index is 0.0294. The van der Waals surface area contributed by atoms with Crippen LogP contribution in [-0.2, 0) is 12.8 Å². The molecule has 2 aromatic carbocycles. The first-order chi connectivity index (χ1) is 10.8. The van der Waals surface area contributed by atoms with E-state index in [2.05, 4.69) is 22.3 Å². The Bertz CT molecular complexity index is 775. The molecule has 0 aliphatic carbocycles. The summed E-state index contributed by atoms with van der Waals surface area (Å²) in [5.74, 6) is 0.796. The third-order valence-corrected chi connectivity index (χ3v) is 3.93. The van der Waals surface area contributed by atoms with E-state index in [9.17, 15) is 4.79 Å². The summed E-state index contributed by atoms with van der Waals surface area (Å²) in [6.07, 6.45) is 1.60. The number of aryl methyl sites for hydroxylation is 2. The predicted molar refractivity (Wildman–Crippen MR) is 87.0 cm³/mol. The highest BCUT2D eigenvalue weighted by atomic mass is 16.1. The fourth-order valence-corrected chi connectivity index (χ4v) is 2.69. The van der Waals surface area contributed by atoms with Crippen LogP contribution in [0.2, 0.25) is 0 Å². The molecule has 4 heteroatoms. The van der Waals surface area contributed by atoms with Crippen molar-refractivity contribution in [2.24, 2.45) is 0 Å². The lowest BCUT2D eigenvalue weighted by Gasteiger charge is -2.15. The lowest BCUT2D eigenvalue weighted by atomic mass is 10.1. The van der Waals surface area contributed by atoms with Crippen molar-refractivity contribution in [2.45, 2.75) is 25.8 Å². The van der Waals surface area contributed by atoms with Gasteiger partial charge in [-0.3, -0.25) is 4.57 Å². The van der Waals surface area contributed by atoms with Gasteiger partial charge in [0.2, 0.25) is 0 Å². The van der Waals surface area contributed by atoms with Gasteiger partial charge in [0, 0.05) is 6.42 Å². The molecule has 1 N–H and O–H groups in total. The summed E-state index contributed by atoms with van der Waals surface area (Å²) >= 11 is 0. The second-order valence-corrected chi connectivity index (χ2v) is 5.39. The molecule has 0 aliphatic heterocycles. The second kappa shape index (κ2) is 6.43. The van der Waals surface area contributed by atoms with E-state index in [0.717, 1.165) is 24.2 Å². The highest BCUT2D eigenvalue weighted by Crippen LogP contribution is 2.17. The Hall–Kier alpha value is -2.62. The molecule has 1 aromatic heterocycles. The highest BCUT2D eigenvalue weighted by Gasteiger charge is 2.15. The summed E-state index contributed by atoms with van der Waals surface area (Å²) in [7, 11) is 0. The highest BCUT2D eigenvalue weighted by molar-refractivity contribution is 5.20. The third kappa shape index (κ3) is 3.01. The van der Waals surface area contributed by atoms with Gasteiger partial charge in [0.15, 0.2) is 0 Å². The van der Waals surface area contributed by atoms with E-state index in [1.807, 2.05) is 55.5 Å². The topological polar surface area (TPSA) is 50.7 Å². The van der Waals surface area contributed by atoms with Crippen LogP contribution >= 0.6 is 0 Å². The molecule has 0 saturated carbocycles. The molecule has 1 heterocycles. The molecule has 4 nitrogen and oxygen atoms in total. The van der Waals surface area contributed by atoms with Gasteiger partial charge in [-0.1, -0.05) is 60.7 Å². The van der Waals surface area contributed by atoms with E-state index in [0.29, 0.717) is 0 Å². The summed E-state index contributed by atoms with van der Waals surface area (Å²) < 4.78 is 1.75. The van der Waals surface area contributed by atoms with Crippen LogP contribution in [0.5, 0.6) is 0 Å². The molecule has 1 atom stereocenters. The maximum Gasteiger partial charge on any atom is 0.343 e. The lowest BCUT2D eigenvalue weighted by molar-refractivity contribution is 0.581. The fourth-order valence-electron chi connectivity index (χ4n) is 2.69. The molecule has 0 fully saturated rings. The standard InChI is InChI=1S/C18H19N3O/c1-14(16-10-6-3-7-11-16)21-17(19-20-18(21)22)13-12-15-8-4-2-5-9-15/h2-11,14H,12-13H2,1H3,(H,20,22). The van der Waals surface area contributed by atoms with Gasteiger partial charge in [0.1, 0.15) is 5.82 Å². The van der Waals surface area contributed by atoms with E-state index in [1.54, 1.807) is 4.57 Å². The van der Waals surface area contributed by atoms with Crippen molar-refractivity contribution >= 4 is 0 Å². The zero-order chi connectivity index (χ0) is 15.4. The number of H-pyrrole nitrogens is 1. The number of aromatic amines is 1. The molecule has 1 unspecified atom stereocenters. The van der Waals surface area contributed by atoms with Crippen LogP contribution in [0, 0.1) is 0 Å². The summed E-state index contributed by atoms with van der Waals surface area (Å²) in [4.78, 5) is 12.1. The van der Waals surface area contributed by atoms with Gasteiger partial charge in [-0.25, -0.2) is 9.89 Å². The molecule has 0 bridgehead atoms. The van der Waals surface area contributed by atoms with Crippen LogP contribution in [0.4, 0.5) is 0 Å². The van der Waals surface area contributed by atoms with Gasteiger partial charge < -0.3 is 0 Å². The summed E-state index contributed by atoms with van der Waals surface area (Å²) in [5, 5.41) is 6.78. The zero-order valence-corrected chi connectivity index (χ0v) is 12.6. The molecule has 22 heavy (non-hydrogen) atoms. The fraction of sp³-hybridized carbons (Fsp3) is 0.222. The van der Waals surface area contributed by atoms with Crippen LogP contribution in [0.15, 0.2) is 65.5 Å². The Morgan fingerprint density at radius 3 is 2.32 bits per heavy atom. The predicted octanol–water partition coefficient (Wildman–Crippen LogP) is 2.97. The molecule has 0 radical (unpaired) electrons. The number of hydrogen-bond donors (Lipinski definition) is 1. The van der Waals surface area contributed by atoms with Gasteiger partial charge in [-0.15, -0.1) is 0 Å². The van der Waals surface area contributed by atoms with Crippen molar-refractivity contribution in [3.63, 3.8) is 0 Å². The molecule has 0 amide bonds. The molecular formula is C18H19N3O. The van der Waals surface area contributed by atoms with Crippen LogP contribution in [0.1, 0.15) is 29.9 Å². The zero-order valence-electron chi connectivity index (χ0n) is 12.6. The van der Waals surface area contributed by atoms with Crippen molar-refractivity contribution in [3.8, 4) is 0 Å². The molecule has 3 aromatic rings. The van der Waals surface area contributed by atoms with Gasteiger partial charge >= 0.3 is 5.69 Å². The van der Waals surface area contributed by atoms with E-state index in [1.165, 1.54) is 5.56 Å².